The van der Waals surface area contributed by atoms with Crippen LogP contribution in [0, 0.1) is 0 Å². The summed E-state index contributed by atoms with van der Waals surface area (Å²) in [6.07, 6.45) is 5.17. The first-order valence-electron chi connectivity index (χ1n) is 9.63. The molecular weight excluding hydrogens is 356 g/mol. The number of aromatic amines is 1. The van der Waals surface area contributed by atoms with E-state index >= 15 is 0 Å². The minimum atomic E-state index is -0.268. The van der Waals surface area contributed by atoms with Gasteiger partial charge in [-0.2, -0.15) is 0 Å². The van der Waals surface area contributed by atoms with Crippen molar-refractivity contribution in [2.24, 2.45) is 0 Å². The summed E-state index contributed by atoms with van der Waals surface area (Å²) < 4.78 is 1.74. The van der Waals surface area contributed by atoms with E-state index in [4.69, 9.17) is 0 Å². The molecule has 0 atom stereocenters. The Bertz CT molecular complexity index is 989. The second-order valence-electron chi connectivity index (χ2n) is 7.20. The van der Waals surface area contributed by atoms with Crippen molar-refractivity contribution >= 4 is 17.1 Å². The van der Waals surface area contributed by atoms with E-state index in [1.54, 1.807) is 10.9 Å². The Kier molecular flexibility index (Phi) is 5.48. The van der Waals surface area contributed by atoms with Gasteiger partial charge in [0.2, 0.25) is 5.91 Å². The fourth-order valence-electron chi connectivity index (χ4n) is 3.65. The number of nitrogens with one attached hydrogen (secondary N) is 2. The van der Waals surface area contributed by atoms with E-state index in [-0.39, 0.29) is 17.5 Å². The molecule has 8 heteroatoms. The SMILES string of the molecule is O=C(CCn1cnc2c(=O)[nH]cnc21)NC1CCN(Cc2ccccc2)CC1. The van der Waals surface area contributed by atoms with E-state index in [9.17, 15) is 9.59 Å². The highest BCUT2D eigenvalue weighted by Crippen LogP contribution is 2.14. The van der Waals surface area contributed by atoms with Crippen molar-refractivity contribution in [1.29, 1.82) is 0 Å². The summed E-state index contributed by atoms with van der Waals surface area (Å²) in [7, 11) is 0. The number of likely N-dealkylation sites (tertiary alicyclic amines) is 1. The smallest absolute Gasteiger partial charge is 0.278 e. The summed E-state index contributed by atoms with van der Waals surface area (Å²) in [5.41, 5.74) is 1.86. The number of rotatable bonds is 6. The number of carbonyl (C=O) groups excluding carboxylic acids is 1. The molecule has 146 valence electrons. The van der Waals surface area contributed by atoms with E-state index in [0.717, 1.165) is 32.5 Å². The molecule has 8 nitrogen and oxygen atoms in total. The molecule has 0 radical (unpaired) electrons. The van der Waals surface area contributed by atoms with Gasteiger partial charge in [0, 0.05) is 38.6 Å². The molecule has 1 aromatic carbocycles. The molecule has 4 rings (SSSR count). The Labute approximate surface area is 162 Å². The van der Waals surface area contributed by atoms with Crippen molar-refractivity contribution < 1.29 is 4.79 Å². The lowest BCUT2D eigenvalue weighted by atomic mass is 10.0. The van der Waals surface area contributed by atoms with Gasteiger partial charge in [-0.25, -0.2) is 9.97 Å². The Morgan fingerprint density at radius 3 is 2.75 bits per heavy atom. The van der Waals surface area contributed by atoms with Gasteiger partial charge >= 0.3 is 0 Å². The third-order valence-corrected chi connectivity index (χ3v) is 5.19. The first-order chi connectivity index (χ1) is 13.7. The zero-order valence-corrected chi connectivity index (χ0v) is 15.7. The minimum Gasteiger partial charge on any atom is -0.353 e. The predicted molar refractivity (Wildman–Crippen MR) is 106 cm³/mol. The average molecular weight is 380 g/mol. The number of imidazole rings is 1. The Balaban J connectivity index is 1.23. The highest BCUT2D eigenvalue weighted by Gasteiger charge is 2.20. The van der Waals surface area contributed by atoms with E-state index in [1.807, 2.05) is 6.07 Å². The zero-order chi connectivity index (χ0) is 19.3. The normalized spacial score (nSPS) is 15.7. The number of amides is 1. The second kappa shape index (κ2) is 8.35. The number of hydrogen-bond acceptors (Lipinski definition) is 5. The Morgan fingerprint density at radius 1 is 1.18 bits per heavy atom. The lowest BCUT2D eigenvalue weighted by Gasteiger charge is -2.32. The molecule has 2 N–H and O–H groups in total. The summed E-state index contributed by atoms with van der Waals surface area (Å²) in [5.74, 6) is 0.0215. The van der Waals surface area contributed by atoms with Gasteiger partial charge in [0.25, 0.3) is 5.56 Å². The predicted octanol–water partition coefficient (Wildman–Crippen LogP) is 1.29. The molecule has 0 unspecified atom stereocenters. The molecule has 1 aliphatic heterocycles. The second-order valence-corrected chi connectivity index (χ2v) is 7.20. The molecule has 0 saturated carbocycles. The van der Waals surface area contributed by atoms with Crippen LogP contribution in [-0.4, -0.2) is 49.5 Å². The summed E-state index contributed by atoms with van der Waals surface area (Å²) in [4.78, 5) is 37.2. The topological polar surface area (TPSA) is 95.9 Å². The number of aromatic nitrogens is 4. The van der Waals surface area contributed by atoms with Gasteiger partial charge in [-0.05, 0) is 18.4 Å². The number of nitrogens with zero attached hydrogens (tertiary/aromatic N) is 4. The number of hydrogen-bond donors (Lipinski definition) is 2. The molecule has 3 aromatic rings. The van der Waals surface area contributed by atoms with Gasteiger partial charge in [0.15, 0.2) is 11.2 Å². The Hall–Kier alpha value is -3.00. The summed E-state index contributed by atoms with van der Waals surface area (Å²) in [6.45, 7) is 3.38. The quantitative estimate of drug-likeness (QED) is 0.672. The first-order valence-corrected chi connectivity index (χ1v) is 9.63. The van der Waals surface area contributed by atoms with Crippen LogP contribution < -0.4 is 10.9 Å². The van der Waals surface area contributed by atoms with Crippen LogP contribution in [0.1, 0.15) is 24.8 Å². The van der Waals surface area contributed by atoms with Crippen LogP contribution in [0.3, 0.4) is 0 Å². The highest BCUT2D eigenvalue weighted by molar-refractivity contribution is 5.76. The van der Waals surface area contributed by atoms with E-state index in [0.29, 0.717) is 24.1 Å². The third-order valence-electron chi connectivity index (χ3n) is 5.19. The van der Waals surface area contributed by atoms with Crippen molar-refractivity contribution in [3.8, 4) is 0 Å². The summed E-state index contributed by atoms with van der Waals surface area (Å²) in [5, 5.41) is 3.14. The van der Waals surface area contributed by atoms with Crippen LogP contribution in [0.2, 0.25) is 0 Å². The van der Waals surface area contributed by atoms with Crippen molar-refractivity contribution in [3.05, 3.63) is 58.9 Å². The fraction of sp³-hybridized carbons (Fsp3) is 0.400. The summed E-state index contributed by atoms with van der Waals surface area (Å²) >= 11 is 0. The lowest BCUT2D eigenvalue weighted by Crippen LogP contribution is -2.44. The van der Waals surface area contributed by atoms with E-state index in [1.165, 1.54) is 11.9 Å². The van der Waals surface area contributed by atoms with Gasteiger partial charge in [0.1, 0.15) is 0 Å². The number of benzene rings is 1. The minimum absolute atomic E-state index is 0.0215. The number of carbonyl (C=O) groups is 1. The molecule has 1 saturated heterocycles. The van der Waals surface area contributed by atoms with Crippen molar-refractivity contribution in [3.63, 3.8) is 0 Å². The van der Waals surface area contributed by atoms with Gasteiger partial charge in [-0.1, -0.05) is 30.3 Å². The third kappa shape index (κ3) is 4.28. The molecule has 1 amide bonds. The maximum absolute atomic E-state index is 12.3. The van der Waals surface area contributed by atoms with Gasteiger partial charge < -0.3 is 14.9 Å². The number of piperidine rings is 1. The molecule has 28 heavy (non-hydrogen) atoms. The standard InChI is InChI=1S/C20H24N6O2/c27-17(8-11-26-14-23-18-19(26)21-13-22-20(18)28)24-16-6-9-25(10-7-16)12-15-4-2-1-3-5-15/h1-5,13-14,16H,6-12H2,(H,24,27)(H,21,22,28). The Morgan fingerprint density at radius 2 is 1.96 bits per heavy atom. The van der Waals surface area contributed by atoms with Crippen LogP contribution in [0.15, 0.2) is 47.8 Å². The van der Waals surface area contributed by atoms with E-state index < -0.39 is 0 Å². The van der Waals surface area contributed by atoms with Crippen LogP contribution in [0.4, 0.5) is 0 Å². The van der Waals surface area contributed by atoms with Gasteiger partial charge in [-0.15, -0.1) is 0 Å². The molecule has 0 aliphatic carbocycles. The molecule has 1 fully saturated rings. The number of aryl methyl sites for hydroxylation is 1. The number of fused-ring (bicyclic) bond motifs is 1. The number of H-pyrrole nitrogens is 1. The molecule has 3 heterocycles. The molecule has 1 aliphatic rings. The average Bonchev–Trinajstić information content (AvgIpc) is 3.13. The van der Waals surface area contributed by atoms with Gasteiger partial charge in [-0.3, -0.25) is 14.5 Å². The van der Waals surface area contributed by atoms with Crippen LogP contribution in [-0.2, 0) is 17.9 Å². The molecule has 0 bridgehead atoms. The van der Waals surface area contributed by atoms with Crippen molar-refractivity contribution in [2.45, 2.75) is 38.4 Å². The largest absolute Gasteiger partial charge is 0.353 e. The fourth-order valence-corrected chi connectivity index (χ4v) is 3.65. The van der Waals surface area contributed by atoms with Crippen molar-refractivity contribution in [1.82, 2.24) is 29.7 Å². The molecule has 2 aromatic heterocycles. The zero-order valence-electron chi connectivity index (χ0n) is 15.7. The van der Waals surface area contributed by atoms with Crippen molar-refractivity contribution in [2.75, 3.05) is 13.1 Å². The van der Waals surface area contributed by atoms with Gasteiger partial charge in [0.05, 0.1) is 12.7 Å². The first kappa shape index (κ1) is 18.4. The monoisotopic (exact) mass is 380 g/mol. The maximum Gasteiger partial charge on any atom is 0.278 e. The lowest BCUT2D eigenvalue weighted by molar-refractivity contribution is -0.122. The molecule has 0 spiro atoms. The maximum atomic E-state index is 12.3. The van der Waals surface area contributed by atoms with E-state index in [2.05, 4.69) is 49.4 Å². The molecular formula is C20H24N6O2. The van der Waals surface area contributed by atoms with Crippen LogP contribution in [0.25, 0.3) is 11.2 Å². The summed E-state index contributed by atoms with van der Waals surface area (Å²) in [6, 6.07) is 10.7. The highest BCUT2D eigenvalue weighted by atomic mass is 16.1. The van der Waals surface area contributed by atoms with Crippen LogP contribution >= 0.6 is 0 Å². The van der Waals surface area contributed by atoms with Crippen LogP contribution in [0.5, 0.6) is 0 Å².